The second-order valence-corrected chi connectivity index (χ2v) is 4.80. The Morgan fingerprint density at radius 3 is 2.73 bits per heavy atom. The maximum Gasteiger partial charge on any atom is 0.511 e. The fourth-order valence-corrected chi connectivity index (χ4v) is 2.56. The molecule has 0 saturated carbocycles. The average molecular weight is 229 g/mol. The van der Waals surface area contributed by atoms with Crippen LogP contribution in [0.3, 0.4) is 0 Å². The van der Waals surface area contributed by atoms with E-state index >= 15 is 0 Å². The predicted octanol–water partition coefficient (Wildman–Crippen LogP) is 1.47. The van der Waals surface area contributed by atoms with Crippen LogP contribution >= 0.6 is 12.9 Å². The molecule has 11 heavy (non-hydrogen) atoms. The molecule has 0 amide bonds. The van der Waals surface area contributed by atoms with Gasteiger partial charge in [0.05, 0.1) is 7.11 Å². The fourth-order valence-electron chi connectivity index (χ4n) is 0.763. The van der Waals surface area contributed by atoms with Crippen molar-refractivity contribution in [2.45, 2.75) is 0 Å². The molecule has 0 fully saturated rings. The molecule has 1 aromatic rings. The van der Waals surface area contributed by atoms with E-state index in [1.165, 1.54) is 13.2 Å². The standard InChI is InChI=1S/C7H6FO.BrH.Mg/c1-9-7-4-2-3-6(8)5-7;;/h2,4-5H,1H3;1H;/q;;+1/p-1. The van der Waals surface area contributed by atoms with Gasteiger partial charge < -0.3 is 4.74 Å². The molecular formula is C7H6BrFMgO. The highest BCUT2D eigenvalue weighted by molar-refractivity contribution is 9.23. The van der Waals surface area contributed by atoms with Crippen molar-refractivity contribution in [1.82, 2.24) is 0 Å². The molecule has 1 rings (SSSR count). The van der Waals surface area contributed by atoms with Gasteiger partial charge in [-0.15, -0.1) is 3.69 Å². The topological polar surface area (TPSA) is 9.23 Å². The van der Waals surface area contributed by atoms with Crippen molar-refractivity contribution in [3.05, 3.63) is 24.0 Å². The Kier molecular flexibility index (Phi) is 3.61. The molecule has 0 radical (unpaired) electrons. The average Bonchev–Trinajstić information content (AvgIpc) is 2.04. The maximum atomic E-state index is 13.0. The van der Waals surface area contributed by atoms with E-state index in [4.69, 9.17) is 4.74 Å². The molecule has 1 nitrogen and oxygen atoms in total. The van der Waals surface area contributed by atoms with E-state index in [9.17, 15) is 4.39 Å². The van der Waals surface area contributed by atoms with Crippen LogP contribution in [0.1, 0.15) is 0 Å². The minimum Gasteiger partial charge on any atom is -0.497 e. The molecule has 0 spiro atoms. The lowest BCUT2D eigenvalue weighted by Gasteiger charge is -2.01. The van der Waals surface area contributed by atoms with Gasteiger partial charge in [-0.25, -0.2) is 4.39 Å². The number of halogens is 2. The lowest BCUT2D eigenvalue weighted by Crippen LogP contribution is -2.12. The molecule has 4 heteroatoms. The molecule has 56 valence electrons. The number of hydrogen-bond acceptors (Lipinski definition) is 1. The number of rotatable bonds is 2. The molecule has 0 bridgehead atoms. The van der Waals surface area contributed by atoms with Crippen molar-refractivity contribution in [3.8, 4) is 5.75 Å². The van der Waals surface area contributed by atoms with Gasteiger partial charge in [0.25, 0.3) is 0 Å². The predicted molar refractivity (Wildman–Crippen MR) is 47.3 cm³/mol. The van der Waals surface area contributed by atoms with Crippen molar-refractivity contribution < 1.29 is 9.13 Å². The molecule has 1 aromatic carbocycles. The molecule has 0 N–H and O–H groups in total. The maximum absolute atomic E-state index is 13.0. The first kappa shape index (κ1) is 9.29. The Balaban J connectivity index is 2.99. The van der Waals surface area contributed by atoms with Crippen LogP contribution in [0.15, 0.2) is 18.2 Å². The van der Waals surface area contributed by atoms with Crippen LogP contribution < -0.4 is 8.43 Å². The molecule has 0 aliphatic heterocycles. The summed E-state index contributed by atoms with van der Waals surface area (Å²) >= 11 is 2.73. The Labute approximate surface area is 80.5 Å². The van der Waals surface area contributed by atoms with E-state index in [-0.39, 0.29) is 5.82 Å². The molecular weight excluding hydrogens is 223 g/mol. The molecule has 0 atom stereocenters. The zero-order valence-electron chi connectivity index (χ0n) is 6.10. The fraction of sp³-hybridized carbons (Fsp3) is 0.143. The monoisotopic (exact) mass is 228 g/mol. The third kappa shape index (κ3) is 2.32. The molecule has 0 saturated heterocycles. The lowest BCUT2D eigenvalue weighted by atomic mass is 10.3. The second kappa shape index (κ2) is 4.28. The van der Waals surface area contributed by atoms with Crippen LogP contribution in [0.25, 0.3) is 0 Å². The van der Waals surface area contributed by atoms with Crippen molar-refractivity contribution in [2.24, 2.45) is 0 Å². The van der Waals surface area contributed by atoms with E-state index in [2.05, 4.69) is 12.9 Å². The highest BCUT2D eigenvalue weighted by Crippen LogP contribution is 2.09. The van der Waals surface area contributed by atoms with Crippen molar-refractivity contribution >= 4 is 34.8 Å². The quantitative estimate of drug-likeness (QED) is 0.698. The van der Waals surface area contributed by atoms with Gasteiger partial charge in [-0.1, -0.05) is 6.07 Å². The first-order chi connectivity index (χ1) is 5.27. The molecule has 0 unspecified atom stereocenters. The number of methoxy groups -OCH3 is 1. The summed E-state index contributed by atoms with van der Waals surface area (Å²) in [5.74, 6) is 0.397. The van der Waals surface area contributed by atoms with Gasteiger partial charge in [0, 0.05) is 6.07 Å². The highest BCUT2D eigenvalue weighted by atomic mass is 79.9. The Bertz CT molecular complexity index is 254. The van der Waals surface area contributed by atoms with Gasteiger partial charge >= 0.3 is 18.2 Å². The minimum absolute atomic E-state index is 0.173. The summed E-state index contributed by atoms with van der Waals surface area (Å²) in [5.41, 5.74) is 0. The summed E-state index contributed by atoms with van der Waals surface area (Å²) in [6.45, 7) is 0. The van der Waals surface area contributed by atoms with Crippen molar-refractivity contribution in [2.75, 3.05) is 7.11 Å². The first-order valence-corrected chi connectivity index (χ1v) is 7.77. The number of benzene rings is 1. The van der Waals surface area contributed by atoms with E-state index in [1.54, 1.807) is 12.1 Å². The van der Waals surface area contributed by atoms with Gasteiger partial charge in [-0.3, -0.25) is 12.9 Å². The summed E-state index contributed by atoms with van der Waals surface area (Å²) in [5, 5.41) is 0. The molecule has 0 heterocycles. The molecule has 0 aliphatic rings. The van der Waals surface area contributed by atoms with Gasteiger partial charge in [-0.2, -0.15) is 0 Å². The normalized spacial score (nSPS) is 9.00. The van der Waals surface area contributed by atoms with Crippen LogP contribution in [-0.4, -0.2) is 25.3 Å². The SMILES string of the molecule is COc1cc[c]([Mg][Br])c(F)c1. The van der Waals surface area contributed by atoms with Crippen LogP contribution in [0.4, 0.5) is 4.39 Å². The van der Waals surface area contributed by atoms with Crippen LogP contribution in [0, 0.1) is 5.82 Å². The zero-order chi connectivity index (χ0) is 8.27. The first-order valence-electron chi connectivity index (χ1n) is 3.16. The molecule has 0 aromatic heterocycles. The smallest absolute Gasteiger partial charge is 0.497 e. The van der Waals surface area contributed by atoms with E-state index < -0.39 is 18.2 Å². The van der Waals surface area contributed by atoms with Gasteiger partial charge in [-0.05, 0) is 6.07 Å². The number of hydrogen-bond donors (Lipinski definition) is 0. The van der Waals surface area contributed by atoms with E-state index in [1.807, 2.05) is 0 Å². The largest absolute Gasteiger partial charge is 0.511 e. The minimum atomic E-state index is -0.579. The van der Waals surface area contributed by atoms with Gasteiger partial charge in [0.2, 0.25) is 0 Å². The lowest BCUT2D eigenvalue weighted by molar-refractivity contribution is 0.411. The van der Waals surface area contributed by atoms with Crippen molar-refractivity contribution in [3.63, 3.8) is 0 Å². The second-order valence-electron chi connectivity index (χ2n) is 2.09. The van der Waals surface area contributed by atoms with Crippen LogP contribution in [0.2, 0.25) is 0 Å². The van der Waals surface area contributed by atoms with Gasteiger partial charge in [0.15, 0.2) is 0 Å². The Morgan fingerprint density at radius 1 is 1.55 bits per heavy atom. The third-order valence-corrected chi connectivity index (χ3v) is 4.08. The van der Waals surface area contributed by atoms with E-state index in [0.717, 1.165) is 3.69 Å². The highest BCUT2D eigenvalue weighted by Gasteiger charge is 2.03. The Morgan fingerprint density at radius 2 is 2.27 bits per heavy atom. The third-order valence-electron chi connectivity index (χ3n) is 1.40. The summed E-state index contributed by atoms with van der Waals surface area (Å²) in [7, 11) is 1.53. The van der Waals surface area contributed by atoms with Crippen molar-refractivity contribution in [1.29, 1.82) is 0 Å². The summed E-state index contributed by atoms with van der Waals surface area (Å²) in [6.07, 6.45) is 0. The summed E-state index contributed by atoms with van der Waals surface area (Å²) in [4.78, 5) is 0. The summed E-state index contributed by atoms with van der Waals surface area (Å²) < 4.78 is 18.6. The van der Waals surface area contributed by atoms with Crippen LogP contribution in [-0.2, 0) is 0 Å². The van der Waals surface area contributed by atoms with E-state index in [0.29, 0.717) is 5.75 Å². The Hall–Kier alpha value is 0.196. The van der Waals surface area contributed by atoms with Crippen LogP contribution in [0.5, 0.6) is 5.75 Å². The molecule has 0 aliphatic carbocycles. The summed E-state index contributed by atoms with van der Waals surface area (Å²) in [6, 6.07) is 4.94. The zero-order valence-corrected chi connectivity index (χ0v) is 9.10. The van der Waals surface area contributed by atoms with Gasteiger partial charge in [0.1, 0.15) is 11.6 Å². The number of ether oxygens (including phenoxy) is 1.